The minimum atomic E-state index is -3.70. The second kappa shape index (κ2) is 11.7. The Bertz CT molecular complexity index is 1480. The van der Waals surface area contributed by atoms with E-state index in [4.69, 9.17) is 36.1 Å². The van der Waals surface area contributed by atoms with Crippen LogP contribution in [0.1, 0.15) is 39.2 Å². The van der Waals surface area contributed by atoms with Gasteiger partial charge in [-0.05, 0) is 101 Å². The van der Waals surface area contributed by atoms with Crippen LogP contribution in [0.3, 0.4) is 0 Å². The van der Waals surface area contributed by atoms with Crippen molar-refractivity contribution in [3.8, 4) is 5.75 Å². The Hall–Kier alpha value is -2.95. The molecule has 0 aliphatic carbocycles. The van der Waals surface area contributed by atoms with E-state index < -0.39 is 26.3 Å². The third-order valence-corrected chi connectivity index (χ3v) is 8.23. The van der Waals surface area contributed by atoms with Crippen LogP contribution in [0, 0.1) is 6.92 Å². The van der Waals surface area contributed by atoms with Gasteiger partial charge in [0.25, 0.3) is 0 Å². The van der Waals surface area contributed by atoms with Crippen LogP contribution >= 0.6 is 0 Å². The molecule has 0 amide bonds. The highest BCUT2D eigenvalue weighted by Gasteiger charge is 2.42. The summed E-state index contributed by atoms with van der Waals surface area (Å²) in [5, 5.41) is 2.95. The van der Waals surface area contributed by atoms with Crippen LogP contribution in [0.4, 0.5) is 23.1 Å². The van der Waals surface area contributed by atoms with E-state index in [0.29, 0.717) is 42.0 Å². The zero-order valence-electron chi connectivity index (χ0n) is 23.8. The van der Waals surface area contributed by atoms with Gasteiger partial charge in [0.1, 0.15) is 27.3 Å². The molecule has 0 bridgehead atoms. The molecule has 1 aromatic heterocycles. The molecule has 2 aromatic carbocycles. The first kappa shape index (κ1) is 31.0. The van der Waals surface area contributed by atoms with Crippen LogP contribution in [0.15, 0.2) is 59.6 Å². The Morgan fingerprint density at radius 3 is 2.22 bits per heavy atom. The van der Waals surface area contributed by atoms with E-state index >= 15 is 0 Å². The highest BCUT2D eigenvalue weighted by atomic mass is 32.2. The number of anilines is 4. The number of sulfonamides is 1. The molecule has 1 aliphatic rings. The Morgan fingerprint density at radius 2 is 1.59 bits per heavy atom. The third-order valence-electron chi connectivity index (χ3n) is 6.47. The number of nitrogens with zero attached hydrogens (tertiary/aromatic N) is 3. The zero-order chi connectivity index (χ0) is 30.1. The van der Waals surface area contributed by atoms with Crippen molar-refractivity contribution >= 4 is 64.5 Å². The lowest BCUT2D eigenvalue weighted by atomic mass is 9.39. The summed E-state index contributed by atoms with van der Waals surface area (Å²) in [6.45, 7) is 8.60. The molecule has 4 rings (SSSR count). The van der Waals surface area contributed by atoms with Gasteiger partial charge in [0.05, 0.1) is 20.6 Å². The maximum Gasteiger partial charge on any atom is 0.241 e. The summed E-state index contributed by atoms with van der Waals surface area (Å²) in [7, 11) is 21.3. The Kier molecular flexibility index (Phi) is 8.87. The van der Waals surface area contributed by atoms with Crippen LogP contribution in [0.25, 0.3) is 0 Å². The van der Waals surface area contributed by atoms with E-state index in [2.05, 4.69) is 25.3 Å². The lowest BCUT2D eigenvalue weighted by Gasteiger charge is -2.50. The summed E-state index contributed by atoms with van der Waals surface area (Å²) in [6.07, 6.45) is 3.59. The predicted molar refractivity (Wildman–Crippen MR) is 166 cm³/mol. The molecule has 1 fully saturated rings. The fourth-order valence-corrected chi connectivity index (χ4v) is 5.78. The van der Waals surface area contributed by atoms with Gasteiger partial charge in [-0.15, -0.1) is 0 Å². The number of aromatic nitrogens is 2. The van der Waals surface area contributed by atoms with Gasteiger partial charge in [-0.2, -0.15) is 4.98 Å². The summed E-state index contributed by atoms with van der Waals surface area (Å²) in [6, 6.07) is 13.4. The van der Waals surface area contributed by atoms with Gasteiger partial charge in [-0.25, -0.2) is 18.1 Å². The minimum absolute atomic E-state index is 0.144. The standard InChI is InChI=1S/C27H32B4N6O3S/c1-18-17-32-24(35-23(18)33-20-8-7-9-22(16-20)41(38,39)36-25(2,3)4)34-19-10-12-21(13-11-19)40-27(30,31)26(28,29)37-14-5-6-15-37/h7-13,16-17,36H,5-6,14-15H2,1-4H3,(H2,32,33,34,35). The van der Waals surface area contributed by atoms with E-state index in [1.54, 1.807) is 75.5 Å². The zero-order valence-corrected chi connectivity index (χ0v) is 24.6. The van der Waals surface area contributed by atoms with Crippen molar-refractivity contribution in [1.29, 1.82) is 0 Å². The fraction of sp³-hybridized carbons (Fsp3) is 0.407. The fourth-order valence-electron chi connectivity index (χ4n) is 4.31. The summed E-state index contributed by atoms with van der Waals surface area (Å²) in [5.41, 5.74) is 1.40. The van der Waals surface area contributed by atoms with E-state index in [1.165, 1.54) is 0 Å². The van der Waals surface area contributed by atoms with Gasteiger partial charge in [0.2, 0.25) is 16.0 Å². The number of nitrogens with one attached hydrogen (secondary N) is 3. The molecule has 9 nitrogen and oxygen atoms in total. The molecule has 41 heavy (non-hydrogen) atoms. The first-order valence-corrected chi connectivity index (χ1v) is 14.8. The van der Waals surface area contributed by atoms with Crippen molar-refractivity contribution in [1.82, 2.24) is 19.6 Å². The van der Waals surface area contributed by atoms with Crippen LogP contribution in [-0.4, -0.2) is 84.0 Å². The van der Waals surface area contributed by atoms with Gasteiger partial charge in [-0.3, -0.25) is 0 Å². The third kappa shape index (κ3) is 7.67. The molecular formula is C27H32B4N6O3S. The van der Waals surface area contributed by atoms with E-state index in [0.717, 1.165) is 18.4 Å². The Morgan fingerprint density at radius 1 is 0.927 bits per heavy atom. The molecule has 3 aromatic rings. The van der Waals surface area contributed by atoms with E-state index in [-0.39, 0.29) is 4.90 Å². The number of hydrogen-bond acceptors (Lipinski definition) is 8. The number of rotatable bonds is 10. The van der Waals surface area contributed by atoms with E-state index in [1.807, 2.05) is 11.8 Å². The molecule has 3 N–H and O–H groups in total. The summed E-state index contributed by atoms with van der Waals surface area (Å²) < 4.78 is 34.0. The quantitative estimate of drug-likeness (QED) is 0.323. The maximum absolute atomic E-state index is 12.8. The summed E-state index contributed by atoms with van der Waals surface area (Å²) in [5.74, 6) is 1.23. The molecule has 1 aliphatic heterocycles. The molecule has 0 spiro atoms. The van der Waals surface area contributed by atoms with Crippen molar-refractivity contribution in [2.75, 3.05) is 23.7 Å². The van der Waals surface area contributed by atoms with Crippen LogP contribution < -0.4 is 20.1 Å². The number of benzene rings is 2. The second-order valence-electron chi connectivity index (χ2n) is 11.3. The molecule has 206 valence electrons. The smallest absolute Gasteiger partial charge is 0.241 e. The van der Waals surface area contributed by atoms with Gasteiger partial charge < -0.3 is 20.3 Å². The lowest BCUT2D eigenvalue weighted by molar-refractivity contribution is 0.126. The molecule has 0 saturated carbocycles. The largest absolute Gasteiger partial charge is 0.507 e. The van der Waals surface area contributed by atoms with Crippen LogP contribution in [-0.2, 0) is 10.0 Å². The topological polar surface area (TPSA) is 108 Å². The first-order valence-electron chi connectivity index (χ1n) is 13.3. The lowest BCUT2D eigenvalue weighted by Crippen LogP contribution is -2.68. The monoisotopic (exact) mass is 564 g/mol. The number of aryl methyl sites for hydroxylation is 1. The van der Waals surface area contributed by atoms with Gasteiger partial charge >= 0.3 is 0 Å². The summed E-state index contributed by atoms with van der Waals surface area (Å²) >= 11 is 0. The first-order chi connectivity index (χ1) is 19.1. The van der Waals surface area contributed by atoms with Crippen molar-refractivity contribution in [2.45, 2.75) is 61.7 Å². The molecule has 1 saturated heterocycles. The Balaban J connectivity index is 1.45. The predicted octanol–water partition coefficient (Wildman–Crippen LogP) is 2.81. The average molecular weight is 564 g/mol. The van der Waals surface area contributed by atoms with Gasteiger partial charge in [-0.1, -0.05) is 6.07 Å². The molecule has 14 heteroatoms. The van der Waals surface area contributed by atoms with Crippen molar-refractivity contribution in [3.63, 3.8) is 0 Å². The van der Waals surface area contributed by atoms with Crippen molar-refractivity contribution in [2.24, 2.45) is 0 Å². The highest BCUT2D eigenvalue weighted by Crippen LogP contribution is 2.29. The molecule has 2 heterocycles. The molecular weight excluding hydrogens is 532 g/mol. The summed E-state index contributed by atoms with van der Waals surface area (Å²) in [4.78, 5) is 10.9. The average Bonchev–Trinajstić information content (AvgIpc) is 3.42. The molecule has 0 atom stereocenters. The number of hydrogen-bond donors (Lipinski definition) is 3. The van der Waals surface area contributed by atoms with Crippen molar-refractivity contribution < 1.29 is 13.2 Å². The van der Waals surface area contributed by atoms with E-state index in [9.17, 15) is 8.42 Å². The molecule has 0 unspecified atom stereocenters. The minimum Gasteiger partial charge on any atom is -0.507 e. The van der Waals surface area contributed by atoms with Crippen LogP contribution in [0.2, 0.25) is 0 Å². The molecule has 8 radical (unpaired) electrons. The van der Waals surface area contributed by atoms with Crippen LogP contribution in [0.5, 0.6) is 5.75 Å². The van der Waals surface area contributed by atoms with Gasteiger partial charge in [0, 0.05) is 34.1 Å². The number of likely N-dealkylation sites (tertiary alicyclic amines) is 1. The number of ether oxygens (including phenoxy) is 1. The SMILES string of the molecule is [B]C([B])(Oc1ccc(Nc2ncc(C)c(Nc3cccc(S(=O)(=O)NC(C)(C)C)c3)n2)cc1)C([B])([B])N1CCCC1. The second-order valence-corrected chi connectivity index (χ2v) is 13.0. The van der Waals surface area contributed by atoms with Gasteiger partial charge in [0.15, 0.2) is 0 Å². The maximum atomic E-state index is 12.8. The Labute approximate surface area is 248 Å². The highest BCUT2D eigenvalue weighted by molar-refractivity contribution is 7.89. The van der Waals surface area contributed by atoms with Crippen molar-refractivity contribution in [3.05, 3.63) is 60.3 Å². The normalized spacial score (nSPS) is 15.0.